The molecule has 0 spiro atoms. The van der Waals surface area contributed by atoms with E-state index in [2.05, 4.69) is 22.1 Å². The number of aryl methyl sites for hydroxylation is 1. The lowest BCUT2D eigenvalue weighted by molar-refractivity contribution is -0.133. The normalized spacial score (nSPS) is 27.6. The molecule has 0 aliphatic carbocycles. The average Bonchev–Trinajstić information content (AvgIpc) is 2.81. The van der Waals surface area contributed by atoms with Crippen LogP contribution in [0.3, 0.4) is 0 Å². The van der Waals surface area contributed by atoms with Crippen molar-refractivity contribution in [3.8, 4) is 0 Å². The van der Waals surface area contributed by atoms with Gasteiger partial charge in [-0.25, -0.2) is 0 Å². The molecular formula is C17H25N3O. The van der Waals surface area contributed by atoms with Crippen LogP contribution in [0.25, 0.3) is 0 Å². The maximum Gasteiger partial charge on any atom is 0.228 e. The van der Waals surface area contributed by atoms with Crippen molar-refractivity contribution in [1.82, 2.24) is 15.2 Å². The number of nitrogens with zero attached hydrogens (tertiary/aromatic N) is 2. The Kier molecular flexibility index (Phi) is 4.24. The number of carbonyl (C=O) groups excluding carboxylic acids is 1. The quantitative estimate of drug-likeness (QED) is 0.922. The van der Waals surface area contributed by atoms with E-state index in [4.69, 9.17) is 0 Å². The topological polar surface area (TPSA) is 45.2 Å². The van der Waals surface area contributed by atoms with Gasteiger partial charge in [0.25, 0.3) is 0 Å². The van der Waals surface area contributed by atoms with E-state index in [0.717, 1.165) is 30.6 Å². The number of aromatic nitrogens is 1. The molecule has 2 aliphatic heterocycles. The highest BCUT2D eigenvalue weighted by molar-refractivity contribution is 5.79. The van der Waals surface area contributed by atoms with Gasteiger partial charge in [0.05, 0.1) is 12.1 Å². The standard InChI is InChI=1S/C17H25N3O/c1-3-20(15-9-13-6-7-14(10-15)19-13)17(21)11-16-12(2)5-4-8-18-16/h4-5,8,13-15,19H,3,6-7,9-11H2,1-2H3. The van der Waals surface area contributed by atoms with E-state index in [1.54, 1.807) is 6.20 Å². The average molecular weight is 287 g/mol. The number of pyridine rings is 1. The molecule has 4 nitrogen and oxygen atoms in total. The minimum absolute atomic E-state index is 0.227. The smallest absolute Gasteiger partial charge is 0.228 e. The van der Waals surface area contributed by atoms with Crippen molar-refractivity contribution < 1.29 is 4.79 Å². The van der Waals surface area contributed by atoms with E-state index in [0.29, 0.717) is 24.5 Å². The summed E-state index contributed by atoms with van der Waals surface area (Å²) in [5.41, 5.74) is 2.02. The van der Waals surface area contributed by atoms with Gasteiger partial charge in [-0.2, -0.15) is 0 Å². The number of nitrogens with one attached hydrogen (secondary N) is 1. The molecule has 0 radical (unpaired) electrons. The summed E-state index contributed by atoms with van der Waals surface area (Å²) < 4.78 is 0. The summed E-state index contributed by atoms with van der Waals surface area (Å²) in [6, 6.07) is 5.59. The molecule has 4 heteroatoms. The Morgan fingerprint density at radius 3 is 2.71 bits per heavy atom. The summed E-state index contributed by atoms with van der Waals surface area (Å²) in [4.78, 5) is 19.1. The third-order valence-corrected chi connectivity index (χ3v) is 4.99. The number of fused-ring (bicyclic) bond motifs is 2. The van der Waals surface area contributed by atoms with Gasteiger partial charge in [0.15, 0.2) is 0 Å². The summed E-state index contributed by atoms with van der Waals surface area (Å²) in [5.74, 6) is 0.227. The lowest BCUT2D eigenvalue weighted by Crippen LogP contribution is -2.50. The predicted octanol–water partition coefficient (Wildman–Crippen LogP) is 2.06. The van der Waals surface area contributed by atoms with Crippen LogP contribution in [0.1, 0.15) is 43.9 Å². The predicted molar refractivity (Wildman–Crippen MR) is 83.0 cm³/mol. The fraction of sp³-hybridized carbons (Fsp3) is 0.647. The highest BCUT2D eigenvalue weighted by Gasteiger charge is 2.37. The molecule has 1 amide bonds. The number of hydrogen-bond donors (Lipinski definition) is 1. The number of rotatable bonds is 4. The van der Waals surface area contributed by atoms with E-state index in [1.807, 2.05) is 19.1 Å². The minimum Gasteiger partial charge on any atom is -0.340 e. The Morgan fingerprint density at radius 2 is 2.10 bits per heavy atom. The van der Waals surface area contributed by atoms with Crippen molar-refractivity contribution in [3.63, 3.8) is 0 Å². The van der Waals surface area contributed by atoms with Crippen molar-refractivity contribution in [2.75, 3.05) is 6.54 Å². The molecule has 114 valence electrons. The van der Waals surface area contributed by atoms with Gasteiger partial charge in [-0.15, -0.1) is 0 Å². The van der Waals surface area contributed by atoms with Crippen molar-refractivity contribution in [3.05, 3.63) is 29.6 Å². The minimum atomic E-state index is 0.227. The van der Waals surface area contributed by atoms with Crippen LogP contribution in [-0.4, -0.2) is 40.5 Å². The maximum atomic E-state index is 12.7. The zero-order valence-electron chi connectivity index (χ0n) is 13.0. The lowest BCUT2D eigenvalue weighted by atomic mass is 9.97. The zero-order chi connectivity index (χ0) is 14.8. The molecule has 2 saturated heterocycles. The summed E-state index contributed by atoms with van der Waals surface area (Å²) in [7, 11) is 0. The second-order valence-corrected chi connectivity index (χ2v) is 6.39. The molecule has 3 heterocycles. The van der Waals surface area contributed by atoms with Crippen LogP contribution < -0.4 is 5.32 Å². The maximum absolute atomic E-state index is 12.7. The first-order chi connectivity index (χ1) is 10.2. The molecule has 21 heavy (non-hydrogen) atoms. The largest absolute Gasteiger partial charge is 0.340 e. The molecule has 0 aromatic carbocycles. The number of carbonyl (C=O) groups is 1. The molecule has 1 aromatic rings. The SMILES string of the molecule is CCN(C(=O)Cc1ncccc1C)C1CC2CCC(C1)N2. The van der Waals surface area contributed by atoms with Gasteiger partial charge in [-0.3, -0.25) is 9.78 Å². The van der Waals surface area contributed by atoms with Crippen LogP contribution in [0.15, 0.2) is 18.3 Å². The second kappa shape index (κ2) is 6.14. The van der Waals surface area contributed by atoms with Gasteiger partial charge in [0, 0.05) is 30.9 Å². The van der Waals surface area contributed by atoms with Crippen molar-refractivity contribution in [2.45, 2.75) is 64.1 Å². The molecule has 2 aliphatic rings. The molecule has 2 atom stereocenters. The summed E-state index contributed by atoms with van der Waals surface area (Å²) in [5, 5.41) is 3.65. The highest BCUT2D eigenvalue weighted by Crippen LogP contribution is 2.30. The molecule has 0 saturated carbocycles. The lowest BCUT2D eigenvalue weighted by Gasteiger charge is -2.37. The second-order valence-electron chi connectivity index (χ2n) is 6.39. The van der Waals surface area contributed by atoms with Crippen molar-refractivity contribution in [2.24, 2.45) is 0 Å². The van der Waals surface area contributed by atoms with Crippen LogP contribution in [0.5, 0.6) is 0 Å². The third-order valence-electron chi connectivity index (χ3n) is 4.99. The molecule has 2 bridgehead atoms. The van der Waals surface area contributed by atoms with E-state index in [9.17, 15) is 4.79 Å². The van der Waals surface area contributed by atoms with Gasteiger partial charge in [-0.1, -0.05) is 6.07 Å². The van der Waals surface area contributed by atoms with Crippen molar-refractivity contribution in [1.29, 1.82) is 0 Å². The van der Waals surface area contributed by atoms with E-state index < -0.39 is 0 Å². The first-order valence-corrected chi connectivity index (χ1v) is 8.13. The number of hydrogen-bond acceptors (Lipinski definition) is 3. The highest BCUT2D eigenvalue weighted by atomic mass is 16.2. The van der Waals surface area contributed by atoms with Gasteiger partial charge < -0.3 is 10.2 Å². The van der Waals surface area contributed by atoms with Gasteiger partial charge >= 0.3 is 0 Å². The fourth-order valence-electron chi connectivity index (χ4n) is 3.87. The fourth-order valence-corrected chi connectivity index (χ4v) is 3.87. The number of amides is 1. The van der Waals surface area contributed by atoms with Crippen LogP contribution in [0.2, 0.25) is 0 Å². The molecule has 1 N–H and O–H groups in total. The Morgan fingerprint density at radius 1 is 1.38 bits per heavy atom. The van der Waals surface area contributed by atoms with Crippen LogP contribution in [-0.2, 0) is 11.2 Å². The van der Waals surface area contributed by atoms with Gasteiger partial charge in [0.1, 0.15) is 0 Å². The Labute approximate surface area is 126 Å². The molecule has 2 fully saturated rings. The number of likely N-dealkylation sites (N-methyl/N-ethyl adjacent to an activating group) is 1. The monoisotopic (exact) mass is 287 g/mol. The van der Waals surface area contributed by atoms with Gasteiger partial charge in [0.2, 0.25) is 5.91 Å². The molecule has 1 aromatic heterocycles. The summed E-state index contributed by atoms with van der Waals surface area (Å²) in [6.07, 6.45) is 6.96. The van der Waals surface area contributed by atoms with Crippen molar-refractivity contribution >= 4 is 5.91 Å². The Hall–Kier alpha value is -1.42. The first-order valence-electron chi connectivity index (χ1n) is 8.13. The Balaban J connectivity index is 1.68. The van der Waals surface area contributed by atoms with E-state index >= 15 is 0 Å². The molecule has 2 unspecified atom stereocenters. The zero-order valence-corrected chi connectivity index (χ0v) is 13.0. The first kappa shape index (κ1) is 14.5. The Bertz CT molecular complexity index is 505. The summed E-state index contributed by atoms with van der Waals surface area (Å²) in [6.45, 7) is 4.92. The van der Waals surface area contributed by atoms with Crippen LogP contribution >= 0.6 is 0 Å². The third kappa shape index (κ3) is 3.10. The summed E-state index contributed by atoms with van der Waals surface area (Å²) >= 11 is 0. The van der Waals surface area contributed by atoms with Gasteiger partial charge in [-0.05, 0) is 51.2 Å². The van der Waals surface area contributed by atoms with Crippen LogP contribution in [0.4, 0.5) is 0 Å². The van der Waals surface area contributed by atoms with E-state index in [1.165, 1.54) is 12.8 Å². The molecular weight excluding hydrogens is 262 g/mol. The number of piperidine rings is 1. The molecule has 3 rings (SSSR count). The van der Waals surface area contributed by atoms with E-state index in [-0.39, 0.29) is 5.91 Å². The van der Waals surface area contributed by atoms with Crippen LogP contribution in [0, 0.1) is 6.92 Å².